The monoisotopic (exact) mass is 442 g/mol. The van der Waals surface area contributed by atoms with E-state index in [0.29, 0.717) is 18.7 Å². The van der Waals surface area contributed by atoms with Crippen LogP contribution in [0.5, 0.6) is 0 Å². The number of carbonyl (C=O) groups is 1. The Morgan fingerprint density at radius 1 is 0.968 bits per heavy atom. The quantitative estimate of drug-likeness (QED) is 0.705. The molecule has 1 atom stereocenters. The molecule has 5 nitrogen and oxygen atoms in total. The number of carbonyl (C=O) groups excluding carboxylic acids is 1. The first-order chi connectivity index (χ1) is 14.6. The van der Waals surface area contributed by atoms with Crippen molar-refractivity contribution in [2.45, 2.75) is 69.7 Å². The Labute approximate surface area is 186 Å². The Kier molecular flexibility index (Phi) is 7.22. The second-order valence-corrected chi connectivity index (χ2v) is 11.4. The van der Waals surface area contributed by atoms with Crippen LogP contribution in [0.4, 0.5) is 0 Å². The molecule has 31 heavy (non-hydrogen) atoms. The van der Waals surface area contributed by atoms with Crippen LogP contribution < -0.4 is 5.32 Å². The van der Waals surface area contributed by atoms with Crippen LogP contribution >= 0.6 is 0 Å². The van der Waals surface area contributed by atoms with Gasteiger partial charge in [-0.15, -0.1) is 0 Å². The third kappa shape index (κ3) is 5.74. The third-order valence-corrected chi connectivity index (χ3v) is 7.82. The topological polar surface area (TPSA) is 66.5 Å². The second kappa shape index (κ2) is 9.53. The summed E-state index contributed by atoms with van der Waals surface area (Å²) in [5, 5.41) is 2.99. The third-order valence-electron chi connectivity index (χ3n) is 5.92. The summed E-state index contributed by atoms with van der Waals surface area (Å²) in [5.74, 6) is -0.277. The molecule has 0 aromatic heterocycles. The Hall–Kier alpha value is -2.18. The zero-order valence-corrected chi connectivity index (χ0v) is 19.8. The summed E-state index contributed by atoms with van der Waals surface area (Å²) in [6, 6.07) is 14.4. The first kappa shape index (κ1) is 23.5. The molecule has 1 amide bonds. The van der Waals surface area contributed by atoms with Crippen molar-refractivity contribution in [3.8, 4) is 0 Å². The number of hydrogen-bond donors (Lipinski definition) is 1. The standard InChI is InChI=1S/C25H34N2O3S/c1-19(20-12-14-22(15-13-20)25(2,3)4)26-24(28)21-10-9-11-23(18-21)31(29,30)27-16-7-5-6-8-17-27/h9-15,18-19H,5-8,16-17H2,1-4H3,(H,26,28)/t19-/m1/s1. The predicted molar refractivity (Wildman–Crippen MR) is 125 cm³/mol. The highest BCUT2D eigenvalue weighted by Gasteiger charge is 2.26. The molecule has 0 saturated carbocycles. The van der Waals surface area contributed by atoms with Gasteiger partial charge in [0, 0.05) is 18.7 Å². The highest BCUT2D eigenvalue weighted by molar-refractivity contribution is 7.89. The van der Waals surface area contributed by atoms with Gasteiger partial charge in [-0.05, 0) is 54.5 Å². The first-order valence-corrected chi connectivity index (χ1v) is 12.5. The SMILES string of the molecule is C[C@@H](NC(=O)c1cccc(S(=O)(=O)N2CCCCCC2)c1)c1ccc(C(C)(C)C)cc1. The van der Waals surface area contributed by atoms with Crippen molar-refractivity contribution >= 4 is 15.9 Å². The van der Waals surface area contributed by atoms with Crippen LogP contribution in [-0.4, -0.2) is 31.7 Å². The lowest BCUT2D eigenvalue weighted by molar-refractivity contribution is 0.0939. The molecule has 0 bridgehead atoms. The average molecular weight is 443 g/mol. The lowest BCUT2D eigenvalue weighted by atomic mass is 9.86. The van der Waals surface area contributed by atoms with Crippen molar-refractivity contribution in [3.05, 3.63) is 65.2 Å². The van der Waals surface area contributed by atoms with Crippen LogP contribution in [0.2, 0.25) is 0 Å². The fourth-order valence-electron chi connectivity index (χ4n) is 3.86. The summed E-state index contributed by atoms with van der Waals surface area (Å²) in [5.41, 5.74) is 2.68. The molecule has 2 aromatic rings. The number of benzene rings is 2. The molecule has 0 aliphatic carbocycles. The first-order valence-electron chi connectivity index (χ1n) is 11.1. The molecular weight excluding hydrogens is 408 g/mol. The van der Waals surface area contributed by atoms with Crippen molar-refractivity contribution in [1.82, 2.24) is 9.62 Å². The summed E-state index contributed by atoms with van der Waals surface area (Å²) in [7, 11) is -3.59. The van der Waals surface area contributed by atoms with Gasteiger partial charge < -0.3 is 5.32 Å². The summed E-state index contributed by atoms with van der Waals surface area (Å²) in [6.07, 6.45) is 3.88. The Morgan fingerprint density at radius 2 is 1.58 bits per heavy atom. The normalized spacial score (nSPS) is 17.0. The van der Waals surface area contributed by atoms with E-state index >= 15 is 0 Å². The zero-order valence-electron chi connectivity index (χ0n) is 19.0. The summed E-state index contributed by atoms with van der Waals surface area (Å²) < 4.78 is 27.7. The van der Waals surface area contributed by atoms with Gasteiger partial charge in [0.15, 0.2) is 0 Å². The molecular formula is C25H34N2O3S. The molecule has 6 heteroatoms. The Morgan fingerprint density at radius 3 is 2.16 bits per heavy atom. The van der Waals surface area contributed by atoms with Gasteiger partial charge in [0.25, 0.3) is 5.91 Å². The van der Waals surface area contributed by atoms with E-state index in [1.807, 2.05) is 19.1 Å². The molecule has 1 heterocycles. The highest BCUT2D eigenvalue weighted by atomic mass is 32.2. The molecule has 1 N–H and O–H groups in total. The highest BCUT2D eigenvalue weighted by Crippen LogP contribution is 2.25. The molecule has 0 unspecified atom stereocenters. The van der Waals surface area contributed by atoms with Gasteiger partial charge in [-0.25, -0.2) is 8.42 Å². The number of hydrogen-bond acceptors (Lipinski definition) is 3. The van der Waals surface area contributed by atoms with Gasteiger partial charge in [0.2, 0.25) is 10.0 Å². The van der Waals surface area contributed by atoms with E-state index < -0.39 is 10.0 Å². The van der Waals surface area contributed by atoms with Crippen molar-refractivity contribution in [3.63, 3.8) is 0 Å². The van der Waals surface area contributed by atoms with E-state index in [1.54, 1.807) is 22.5 Å². The average Bonchev–Trinajstić information content (AvgIpc) is 3.03. The minimum absolute atomic E-state index is 0.0737. The molecule has 168 valence electrons. The van der Waals surface area contributed by atoms with Gasteiger partial charge in [-0.1, -0.05) is 63.9 Å². The maximum atomic E-state index is 13.1. The van der Waals surface area contributed by atoms with E-state index in [-0.39, 0.29) is 22.3 Å². The number of sulfonamides is 1. The van der Waals surface area contributed by atoms with E-state index in [1.165, 1.54) is 11.6 Å². The molecule has 0 radical (unpaired) electrons. The van der Waals surface area contributed by atoms with E-state index in [9.17, 15) is 13.2 Å². The van der Waals surface area contributed by atoms with Gasteiger partial charge in [0.05, 0.1) is 10.9 Å². The number of nitrogens with one attached hydrogen (secondary N) is 1. The van der Waals surface area contributed by atoms with Crippen LogP contribution in [0.15, 0.2) is 53.4 Å². The molecule has 1 fully saturated rings. The van der Waals surface area contributed by atoms with Gasteiger partial charge in [-0.3, -0.25) is 4.79 Å². The van der Waals surface area contributed by atoms with Crippen molar-refractivity contribution in [2.24, 2.45) is 0 Å². The van der Waals surface area contributed by atoms with Crippen molar-refractivity contribution < 1.29 is 13.2 Å². The fourth-order valence-corrected chi connectivity index (χ4v) is 5.43. The van der Waals surface area contributed by atoms with Crippen LogP contribution in [0.3, 0.4) is 0 Å². The van der Waals surface area contributed by atoms with Crippen LogP contribution in [0.25, 0.3) is 0 Å². The molecule has 1 saturated heterocycles. The smallest absolute Gasteiger partial charge is 0.251 e. The maximum Gasteiger partial charge on any atom is 0.251 e. The predicted octanol–water partition coefficient (Wildman–Crippen LogP) is 5.04. The van der Waals surface area contributed by atoms with Crippen molar-refractivity contribution in [2.75, 3.05) is 13.1 Å². The van der Waals surface area contributed by atoms with Crippen LogP contribution in [0, 0.1) is 0 Å². The van der Waals surface area contributed by atoms with Gasteiger partial charge in [-0.2, -0.15) is 4.31 Å². The molecule has 1 aliphatic rings. The number of nitrogens with zero attached hydrogens (tertiary/aromatic N) is 1. The molecule has 3 rings (SSSR count). The summed E-state index contributed by atoms with van der Waals surface area (Å²) in [6.45, 7) is 9.52. The van der Waals surface area contributed by atoms with E-state index in [2.05, 4.69) is 38.2 Å². The van der Waals surface area contributed by atoms with Gasteiger partial charge in [0.1, 0.15) is 0 Å². The van der Waals surface area contributed by atoms with Crippen molar-refractivity contribution in [1.29, 1.82) is 0 Å². The maximum absolute atomic E-state index is 13.1. The molecule has 2 aromatic carbocycles. The zero-order chi connectivity index (χ0) is 22.6. The minimum atomic E-state index is -3.59. The summed E-state index contributed by atoms with van der Waals surface area (Å²) in [4.78, 5) is 13.0. The minimum Gasteiger partial charge on any atom is -0.346 e. The lowest BCUT2D eigenvalue weighted by Crippen LogP contribution is -2.32. The summed E-state index contributed by atoms with van der Waals surface area (Å²) >= 11 is 0. The largest absolute Gasteiger partial charge is 0.346 e. The van der Waals surface area contributed by atoms with Crippen LogP contribution in [0.1, 0.15) is 80.9 Å². The van der Waals surface area contributed by atoms with E-state index in [4.69, 9.17) is 0 Å². The molecule has 0 spiro atoms. The lowest BCUT2D eigenvalue weighted by Gasteiger charge is -2.21. The Balaban J connectivity index is 1.74. The van der Waals surface area contributed by atoms with Crippen LogP contribution in [-0.2, 0) is 15.4 Å². The Bertz CT molecular complexity index is 1000. The fraction of sp³-hybridized carbons (Fsp3) is 0.480. The van der Waals surface area contributed by atoms with Gasteiger partial charge >= 0.3 is 0 Å². The number of amides is 1. The number of rotatable bonds is 5. The second-order valence-electron chi connectivity index (χ2n) is 9.41. The van der Waals surface area contributed by atoms with E-state index in [0.717, 1.165) is 31.2 Å². The molecule has 1 aliphatic heterocycles.